The molecular formula is C23H32N2O6. The van der Waals surface area contributed by atoms with Crippen molar-refractivity contribution in [3.63, 3.8) is 0 Å². The lowest BCUT2D eigenvalue weighted by Gasteiger charge is -2.35. The smallest absolute Gasteiger partial charge is 0.372 e. The number of carbonyl (C=O) groups excluding carboxylic acids is 3. The Morgan fingerprint density at radius 1 is 1.16 bits per heavy atom. The Kier molecular flexibility index (Phi) is 9.05. The van der Waals surface area contributed by atoms with Gasteiger partial charge in [0.15, 0.2) is 0 Å². The van der Waals surface area contributed by atoms with Gasteiger partial charge in [0.2, 0.25) is 0 Å². The van der Waals surface area contributed by atoms with Crippen LogP contribution in [-0.4, -0.2) is 55.5 Å². The molecule has 1 N–H and O–H groups in total. The van der Waals surface area contributed by atoms with Crippen molar-refractivity contribution in [2.24, 2.45) is 0 Å². The lowest BCUT2D eigenvalue weighted by molar-refractivity contribution is -0.207. The van der Waals surface area contributed by atoms with E-state index >= 15 is 0 Å². The highest BCUT2D eigenvalue weighted by atomic mass is 16.6. The van der Waals surface area contributed by atoms with Crippen LogP contribution in [0.2, 0.25) is 0 Å². The third-order valence-corrected chi connectivity index (χ3v) is 5.25. The van der Waals surface area contributed by atoms with Gasteiger partial charge in [0.1, 0.15) is 6.10 Å². The first-order chi connectivity index (χ1) is 14.9. The van der Waals surface area contributed by atoms with Gasteiger partial charge >= 0.3 is 23.7 Å². The van der Waals surface area contributed by atoms with Crippen molar-refractivity contribution in [3.8, 4) is 0 Å². The highest BCUT2D eigenvalue weighted by Crippen LogP contribution is 2.28. The van der Waals surface area contributed by atoms with Crippen LogP contribution >= 0.6 is 0 Å². The molecule has 8 nitrogen and oxygen atoms in total. The minimum absolute atomic E-state index is 0.0433. The fraction of sp³-hybridized carbons (Fsp3) is 0.522. The zero-order valence-corrected chi connectivity index (χ0v) is 18.7. The largest absolute Gasteiger partial charge is 0.465 e. The Bertz CT molecular complexity index is 795. The maximum atomic E-state index is 13.2. The summed E-state index contributed by atoms with van der Waals surface area (Å²) in [5.41, 5.74) is -0.946. The molecule has 1 aromatic carbocycles. The molecule has 1 aliphatic rings. The van der Waals surface area contributed by atoms with Gasteiger partial charge in [-0.2, -0.15) is 0 Å². The van der Waals surface area contributed by atoms with E-state index in [1.807, 2.05) is 37.3 Å². The van der Waals surface area contributed by atoms with Crippen molar-refractivity contribution < 1.29 is 28.6 Å². The number of urea groups is 1. The average Bonchev–Trinajstić information content (AvgIpc) is 3.14. The monoisotopic (exact) mass is 432 g/mol. The van der Waals surface area contributed by atoms with Gasteiger partial charge in [-0.25, -0.2) is 14.4 Å². The molecule has 2 amide bonds. The fourth-order valence-electron chi connectivity index (χ4n) is 3.49. The van der Waals surface area contributed by atoms with Crippen molar-refractivity contribution in [2.45, 2.75) is 57.8 Å². The minimum Gasteiger partial charge on any atom is -0.465 e. The van der Waals surface area contributed by atoms with Gasteiger partial charge in [-0.05, 0) is 30.9 Å². The zero-order valence-electron chi connectivity index (χ0n) is 18.7. The summed E-state index contributed by atoms with van der Waals surface area (Å²) in [5.74, 6) is -1.97. The normalized spacial score (nSPS) is 17.7. The lowest BCUT2D eigenvalue weighted by atomic mass is 10.1. The summed E-state index contributed by atoms with van der Waals surface area (Å²) in [6.07, 6.45) is 5.59. The van der Waals surface area contributed by atoms with Crippen molar-refractivity contribution in [2.75, 3.05) is 20.8 Å². The van der Waals surface area contributed by atoms with Crippen LogP contribution in [0.5, 0.6) is 0 Å². The minimum atomic E-state index is -2.33. The lowest BCUT2D eigenvalue weighted by Crippen LogP contribution is -2.63. The number of hydrogen-bond donors (Lipinski definition) is 1. The van der Waals surface area contributed by atoms with Gasteiger partial charge in [-0.3, -0.25) is 4.90 Å². The van der Waals surface area contributed by atoms with E-state index in [4.69, 9.17) is 14.2 Å². The van der Waals surface area contributed by atoms with E-state index in [9.17, 15) is 14.4 Å². The van der Waals surface area contributed by atoms with Gasteiger partial charge in [-0.15, -0.1) is 0 Å². The SMILES string of the molecule is CCCCCC(CC)OC(=O)C(OC)(C(=O)OC)N1CC(=Cc2ccccc2)NC1=O. The quantitative estimate of drug-likeness (QED) is 0.327. The number of unbranched alkanes of at least 4 members (excludes halogenated alkanes) is 2. The number of rotatable bonds is 11. The highest BCUT2D eigenvalue weighted by Gasteiger charge is 2.59. The highest BCUT2D eigenvalue weighted by molar-refractivity contribution is 6.06. The Morgan fingerprint density at radius 3 is 2.45 bits per heavy atom. The number of nitrogens with zero attached hydrogens (tertiary/aromatic N) is 1. The number of hydrogen-bond acceptors (Lipinski definition) is 6. The van der Waals surface area contributed by atoms with Crippen LogP contribution < -0.4 is 5.32 Å². The summed E-state index contributed by atoms with van der Waals surface area (Å²) in [4.78, 5) is 39.7. The Morgan fingerprint density at radius 2 is 1.87 bits per heavy atom. The first-order valence-corrected chi connectivity index (χ1v) is 10.6. The molecule has 2 unspecified atom stereocenters. The molecule has 0 radical (unpaired) electrons. The average molecular weight is 433 g/mol. The van der Waals surface area contributed by atoms with E-state index < -0.39 is 23.7 Å². The van der Waals surface area contributed by atoms with Gasteiger partial charge in [0, 0.05) is 12.8 Å². The first-order valence-electron chi connectivity index (χ1n) is 10.6. The maximum absolute atomic E-state index is 13.2. The molecular weight excluding hydrogens is 400 g/mol. The molecule has 0 bridgehead atoms. The summed E-state index contributed by atoms with van der Waals surface area (Å²) in [5, 5.41) is 2.69. The van der Waals surface area contributed by atoms with Gasteiger partial charge < -0.3 is 19.5 Å². The summed E-state index contributed by atoms with van der Waals surface area (Å²) in [6.45, 7) is 3.95. The van der Waals surface area contributed by atoms with Crippen molar-refractivity contribution in [1.29, 1.82) is 0 Å². The molecule has 1 aromatic rings. The molecule has 2 rings (SSSR count). The van der Waals surface area contributed by atoms with Gasteiger partial charge in [0.05, 0.1) is 13.7 Å². The van der Waals surface area contributed by atoms with E-state index in [-0.39, 0.29) is 12.6 Å². The van der Waals surface area contributed by atoms with Crippen LogP contribution in [0.25, 0.3) is 6.08 Å². The van der Waals surface area contributed by atoms with Crippen LogP contribution in [0.1, 0.15) is 51.5 Å². The molecule has 1 fully saturated rings. The molecule has 1 aliphatic heterocycles. The summed E-state index contributed by atoms with van der Waals surface area (Å²) < 4.78 is 15.8. The Labute approximate surface area is 183 Å². The molecule has 0 saturated carbocycles. The second kappa shape index (κ2) is 11.5. The third-order valence-electron chi connectivity index (χ3n) is 5.25. The second-order valence-electron chi connectivity index (χ2n) is 7.37. The topological polar surface area (TPSA) is 94.2 Å². The van der Waals surface area contributed by atoms with Gasteiger partial charge in [-0.1, -0.05) is 57.0 Å². The third kappa shape index (κ3) is 5.64. The Hall–Kier alpha value is -2.87. The molecule has 1 saturated heterocycles. The molecule has 2 atom stereocenters. The molecule has 0 aromatic heterocycles. The summed E-state index contributed by atoms with van der Waals surface area (Å²) in [6, 6.07) is 8.73. The number of ether oxygens (including phenoxy) is 3. The van der Waals surface area contributed by atoms with E-state index in [0.29, 0.717) is 18.5 Å². The molecule has 0 aliphatic carbocycles. The van der Waals surface area contributed by atoms with Gasteiger partial charge in [0.25, 0.3) is 0 Å². The molecule has 31 heavy (non-hydrogen) atoms. The van der Waals surface area contributed by atoms with Crippen LogP contribution in [0, 0.1) is 0 Å². The van der Waals surface area contributed by atoms with Crippen LogP contribution in [0.3, 0.4) is 0 Å². The van der Waals surface area contributed by atoms with E-state index in [1.54, 1.807) is 6.08 Å². The van der Waals surface area contributed by atoms with Crippen LogP contribution in [-0.2, 0) is 23.8 Å². The van der Waals surface area contributed by atoms with Crippen LogP contribution in [0.4, 0.5) is 4.79 Å². The second-order valence-corrected chi connectivity index (χ2v) is 7.37. The van der Waals surface area contributed by atoms with Crippen molar-refractivity contribution in [3.05, 3.63) is 41.6 Å². The van der Waals surface area contributed by atoms with E-state index in [2.05, 4.69) is 12.2 Å². The van der Waals surface area contributed by atoms with Crippen molar-refractivity contribution in [1.82, 2.24) is 10.2 Å². The maximum Gasteiger partial charge on any atom is 0.372 e. The van der Waals surface area contributed by atoms with Crippen LogP contribution in [0.15, 0.2) is 36.0 Å². The number of esters is 2. The standard InChI is InChI=1S/C23H32N2O6/c1-5-7-9-14-19(6-2)31-21(27)23(30-4,20(26)29-3)25-16-18(24-22(25)28)15-17-12-10-8-11-13-17/h8,10-13,15,19H,5-7,9,14,16H2,1-4H3,(H,24,28). The summed E-state index contributed by atoms with van der Waals surface area (Å²) in [7, 11) is 2.32. The van der Waals surface area contributed by atoms with E-state index in [1.165, 1.54) is 7.11 Å². The number of amides is 2. The molecule has 170 valence electrons. The predicted octanol–water partition coefficient (Wildman–Crippen LogP) is 3.47. The van der Waals surface area contributed by atoms with E-state index in [0.717, 1.165) is 36.8 Å². The zero-order chi connectivity index (χ0) is 22.9. The number of benzene rings is 1. The fourth-order valence-corrected chi connectivity index (χ4v) is 3.49. The number of nitrogens with one attached hydrogen (secondary N) is 1. The molecule has 1 heterocycles. The summed E-state index contributed by atoms with van der Waals surface area (Å²) >= 11 is 0. The van der Waals surface area contributed by atoms with Crippen molar-refractivity contribution >= 4 is 24.0 Å². The first kappa shape index (κ1) is 24.4. The Balaban J connectivity index is 2.30. The molecule has 0 spiro atoms. The molecule has 8 heteroatoms. The number of carbonyl (C=O) groups is 3. The predicted molar refractivity (Wildman–Crippen MR) is 116 cm³/mol. The number of methoxy groups -OCH3 is 2.